The number of aliphatic carboxylic acids is 1. The first-order chi connectivity index (χ1) is 5.93. The molecule has 2 atom stereocenters. The van der Waals surface area contributed by atoms with Gasteiger partial charge in [-0.15, -0.1) is 11.8 Å². The predicted molar refractivity (Wildman–Crippen MR) is 52.0 cm³/mol. The lowest BCUT2D eigenvalue weighted by Gasteiger charge is -2.36. The fraction of sp³-hybridized carbons (Fsp3) is 0.750. The van der Waals surface area contributed by atoms with Crippen LogP contribution in [0.5, 0.6) is 0 Å². The van der Waals surface area contributed by atoms with Crippen LogP contribution in [0.25, 0.3) is 0 Å². The Bertz CT molecular complexity index is 291. The molecule has 2 aliphatic rings. The standard InChI is InChI=1S/C8H11NO3S.H2O/c1-8(2)6(7(11)12)9-4(10)3-5(9)13-8;/h5-6H,3H2,1-2H3,(H,11,12);1H2/t5-,6+;/m1./s1. The van der Waals surface area contributed by atoms with E-state index in [0.29, 0.717) is 6.42 Å². The molecule has 2 rings (SSSR count). The number of nitrogens with zero attached hydrogens (tertiary/aromatic N) is 1. The molecule has 0 spiro atoms. The van der Waals surface area contributed by atoms with Crippen LogP contribution >= 0.6 is 11.8 Å². The molecule has 2 aliphatic heterocycles. The first-order valence-electron chi connectivity index (χ1n) is 4.15. The summed E-state index contributed by atoms with van der Waals surface area (Å²) < 4.78 is -0.358. The topological polar surface area (TPSA) is 89.1 Å². The molecule has 0 aliphatic carbocycles. The smallest absolute Gasteiger partial charge is 0.327 e. The highest BCUT2D eigenvalue weighted by atomic mass is 32.2. The minimum absolute atomic E-state index is 0. The van der Waals surface area contributed by atoms with Gasteiger partial charge >= 0.3 is 5.97 Å². The molecule has 3 N–H and O–H groups in total. The van der Waals surface area contributed by atoms with E-state index in [2.05, 4.69) is 0 Å². The van der Waals surface area contributed by atoms with Gasteiger partial charge in [0.1, 0.15) is 6.04 Å². The number of carboxylic acids is 1. The third kappa shape index (κ3) is 1.29. The van der Waals surface area contributed by atoms with E-state index >= 15 is 0 Å². The van der Waals surface area contributed by atoms with Crippen LogP contribution in [-0.4, -0.2) is 43.5 Å². The molecular weight excluding hydrogens is 206 g/mol. The van der Waals surface area contributed by atoms with Crippen molar-refractivity contribution in [3.8, 4) is 0 Å². The normalized spacial score (nSPS) is 33.0. The van der Waals surface area contributed by atoms with E-state index in [1.54, 1.807) is 11.8 Å². The Morgan fingerprint density at radius 3 is 2.57 bits per heavy atom. The molecule has 14 heavy (non-hydrogen) atoms. The molecule has 0 aromatic rings. The molecule has 2 heterocycles. The summed E-state index contributed by atoms with van der Waals surface area (Å²) in [6.45, 7) is 3.75. The van der Waals surface area contributed by atoms with Crippen molar-refractivity contribution in [1.82, 2.24) is 4.90 Å². The minimum Gasteiger partial charge on any atom is -0.480 e. The van der Waals surface area contributed by atoms with Gasteiger partial charge in [-0.1, -0.05) is 0 Å². The summed E-state index contributed by atoms with van der Waals surface area (Å²) in [4.78, 5) is 23.6. The number of carboxylic acid groups (broad SMARTS) is 1. The van der Waals surface area contributed by atoms with Gasteiger partial charge < -0.3 is 15.5 Å². The Balaban J connectivity index is 0.000000980. The van der Waals surface area contributed by atoms with Crippen molar-refractivity contribution in [2.45, 2.75) is 36.4 Å². The van der Waals surface area contributed by atoms with Crippen LogP contribution in [-0.2, 0) is 9.59 Å². The van der Waals surface area contributed by atoms with Gasteiger partial charge in [0, 0.05) is 4.75 Å². The van der Waals surface area contributed by atoms with E-state index in [9.17, 15) is 9.59 Å². The number of carbonyl (C=O) groups excluding carboxylic acids is 1. The van der Waals surface area contributed by atoms with Crippen molar-refractivity contribution in [3.05, 3.63) is 0 Å². The highest BCUT2D eigenvalue weighted by molar-refractivity contribution is 8.01. The summed E-state index contributed by atoms with van der Waals surface area (Å²) in [5.41, 5.74) is 0. The van der Waals surface area contributed by atoms with Crippen LogP contribution < -0.4 is 0 Å². The number of carbonyl (C=O) groups is 2. The summed E-state index contributed by atoms with van der Waals surface area (Å²) >= 11 is 1.58. The molecule has 5 nitrogen and oxygen atoms in total. The molecule has 80 valence electrons. The van der Waals surface area contributed by atoms with Gasteiger partial charge in [0.05, 0.1) is 11.8 Å². The largest absolute Gasteiger partial charge is 0.480 e. The van der Waals surface area contributed by atoms with Gasteiger partial charge in [-0.3, -0.25) is 4.79 Å². The number of hydrogen-bond acceptors (Lipinski definition) is 3. The second-order valence-electron chi connectivity index (χ2n) is 3.92. The van der Waals surface area contributed by atoms with E-state index in [-0.39, 0.29) is 21.5 Å². The van der Waals surface area contributed by atoms with Gasteiger partial charge in [0.2, 0.25) is 5.91 Å². The maximum Gasteiger partial charge on any atom is 0.327 e. The Hall–Kier alpha value is -0.750. The highest BCUT2D eigenvalue weighted by Gasteiger charge is 2.58. The molecular formula is C8H13NO4S. The van der Waals surface area contributed by atoms with Crippen LogP contribution in [0.3, 0.4) is 0 Å². The molecule has 0 saturated carbocycles. The number of thioether (sulfide) groups is 1. The van der Waals surface area contributed by atoms with E-state index in [1.165, 1.54) is 4.90 Å². The van der Waals surface area contributed by atoms with Crippen molar-refractivity contribution in [3.63, 3.8) is 0 Å². The number of fused-ring (bicyclic) bond motifs is 1. The summed E-state index contributed by atoms with van der Waals surface area (Å²) in [6.07, 6.45) is 0.498. The molecule has 6 heteroatoms. The first-order valence-corrected chi connectivity index (χ1v) is 5.03. The Kier molecular flexibility index (Phi) is 2.53. The van der Waals surface area contributed by atoms with E-state index < -0.39 is 12.0 Å². The van der Waals surface area contributed by atoms with Crippen molar-refractivity contribution in [2.75, 3.05) is 0 Å². The van der Waals surface area contributed by atoms with E-state index in [0.717, 1.165) is 0 Å². The summed E-state index contributed by atoms with van der Waals surface area (Å²) in [7, 11) is 0. The van der Waals surface area contributed by atoms with Crippen molar-refractivity contribution >= 4 is 23.6 Å². The zero-order valence-corrected chi connectivity index (χ0v) is 8.80. The monoisotopic (exact) mass is 219 g/mol. The maximum atomic E-state index is 11.2. The van der Waals surface area contributed by atoms with E-state index in [1.807, 2.05) is 13.8 Å². The molecule has 0 aromatic heterocycles. The lowest BCUT2D eigenvalue weighted by molar-refractivity contribution is -0.157. The average molecular weight is 219 g/mol. The molecule has 0 bridgehead atoms. The Morgan fingerprint density at radius 1 is 1.64 bits per heavy atom. The molecule has 0 aromatic carbocycles. The lowest BCUT2D eigenvalue weighted by Crippen LogP contribution is -2.56. The molecule has 2 saturated heterocycles. The molecule has 0 radical (unpaired) electrons. The maximum absolute atomic E-state index is 11.2. The van der Waals surface area contributed by atoms with Crippen LogP contribution in [0.4, 0.5) is 0 Å². The lowest BCUT2D eigenvalue weighted by atomic mass is 9.98. The molecule has 1 amide bonds. The van der Waals surface area contributed by atoms with Gasteiger partial charge in [0.15, 0.2) is 0 Å². The number of hydrogen-bond donors (Lipinski definition) is 1. The quantitative estimate of drug-likeness (QED) is 0.613. The van der Waals surface area contributed by atoms with Crippen molar-refractivity contribution in [1.29, 1.82) is 0 Å². The third-order valence-electron chi connectivity index (χ3n) is 2.56. The van der Waals surface area contributed by atoms with Crippen molar-refractivity contribution in [2.24, 2.45) is 0 Å². The number of rotatable bonds is 1. The van der Waals surface area contributed by atoms with E-state index in [4.69, 9.17) is 5.11 Å². The minimum atomic E-state index is -0.895. The average Bonchev–Trinajstić information content (AvgIpc) is 2.18. The van der Waals surface area contributed by atoms with Crippen LogP contribution in [0.15, 0.2) is 0 Å². The second kappa shape index (κ2) is 3.13. The number of amides is 1. The Morgan fingerprint density at radius 2 is 2.21 bits per heavy atom. The predicted octanol–water partition coefficient (Wildman–Crippen LogP) is -0.301. The van der Waals surface area contributed by atoms with Gasteiger partial charge in [-0.25, -0.2) is 4.79 Å². The highest BCUT2D eigenvalue weighted by Crippen LogP contribution is 2.50. The summed E-state index contributed by atoms with van der Waals surface area (Å²) in [5, 5.41) is 9.08. The van der Waals surface area contributed by atoms with Gasteiger partial charge in [0.25, 0.3) is 0 Å². The second-order valence-corrected chi connectivity index (χ2v) is 5.75. The molecule has 0 unspecified atom stereocenters. The SMILES string of the molecule is CC1(C)S[C@@H]2CC(=O)N2[C@H]1C(=O)O.O. The summed E-state index contributed by atoms with van der Waals surface area (Å²) in [5.74, 6) is -0.927. The van der Waals surface area contributed by atoms with Crippen molar-refractivity contribution < 1.29 is 20.2 Å². The fourth-order valence-electron chi connectivity index (χ4n) is 1.98. The van der Waals surface area contributed by atoms with Crippen LogP contribution in [0, 0.1) is 0 Å². The first kappa shape index (κ1) is 11.3. The Labute approximate surface area is 85.8 Å². The van der Waals surface area contributed by atoms with Gasteiger partial charge in [-0.05, 0) is 13.8 Å². The zero-order valence-electron chi connectivity index (χ0n) is 7.98. The molecule has 2 fully saturated rings. The zero-order chi connectivity index (χ0) is 9.80. The van der Waals surface area contributed by atoms with Crippen LogP contribution in [0.2, 0.25) is 0 Å². The number of β-lactam (4-membered cyclic amide) rings is 1. The summed E-state index contributed by atoms with van der Waals surface area (Å²) in [6, 6.07) is -0.649. The fourth-order valence-corrected chi connectivity index (χ4v) is 3.60. The van der Waals surface area contributed by atoms with Gasteiger partial charge in [-0.2, -0.15) is 0 Å². The van der Waals surface area contributed by atoms with Crippen LogP contribution in [0.1, 0.15) is 20.3 Å². The third-order valence-corrected chi connectivity index (χ3v) is 4.05.